The van der Waals surface area contributed by atoms with Gasteiger partial charge >= 0.3 is 0 Å². The first-order valence-corrected chi connectivity index (χ1v) is 19.6. The second kappa shape index (κ2) is 12.8. The molecule has 270 valence electrons. The van der Waals surface area contributed by atoms with Gasteiger partial charge in [0.15, 0.2) is 17.5 Å². The van der Waals surface area contributed by atoms with Crippen LogP contribution in [-0.2, 0) is 0 Å². The molecule has 0 bridgehead atoms. The van der Waals surface area contributed by atoms with E-state index < -0.39 is 0 Å². The second-order valence-electron chi connectivity index (χ2n) is 14.8. The molecule has 0 unspecified atom stereocenters. The van der Waals surface area contributed by atoms with Gasteiger partial charge in [0, 0.05) is 49.6 Å². The fourth-order valence-electron chi connectivity index (χ4n) is 8.90. The van der Waals surface area contributed by atoms with Gasteiger partial charge in [-0.3, -0.25) is 0 Å². The average molecular weight is 740 g/mol. The van der Waals surface area contributed by atoms with Crippen molar-refractivity contribution in [3.05, 3.63) is 200 Å². The number of aromatic nitrogens is 5. The smallest absolute Gasteiger partial charge is 0.164 e. The number of fused-ring (bicyclic) bond motifs is 9. The first-order valence-electron chi connectivity index (χ1n) is 19.6. The van der Waals surface area contributed by atoms with Crippen molar-refractivity contribution in [3.8, 4) is 45.5 Å². The van der Waals surface area contributed by atoms with E-state index in [9.17, 15) is 0 Å². The fraction of sp³-hybridized carbons (Fsp3) is 0. The molecule has 3 heterocycles. The van der Waals surface area contributed by atoms with Crippen molar-refractivity contribution < 1.29 is 0 Å². The highest BCUT2D eigenvalue weighted by atomic mass is 15.0. The highest BCUT2D eigenvalue weighted by Crippen LogP contribution is 2.43. The van der Waals surface area contributed by atoms with E-state index in [1.54, 1.807) is 0 Å². The number of para-hydroxylation sites is 2. The predicted molar refractivity (Wildman–Crippen MR) is 240 cm³/mol. The van der Waals surface area contributed by atoms with E-state index in [4.69, 9.17) is 15.0 Å². The van der Waals surface area contributed by atoms with Crippen LogP contribution in [0.25, 0.3) is 111 Å². The molecule has 9 aromatic carbocycles. The van der Waals surface area contributed by atoms with Gasteiger partial charge in [0.1, 0.15) is 0 Å². The van der Waals surface area contributed by atoms with Gasteiger partial charge in [-0.05, 0) is 64.0 Å². The molecule has 3 aromatic heterocycles. The maximum Gasteiger partial charge on any atom is 0.164 e. The Morgan fingerprint density at radius 3 is 1.62 bits per heavy atom. The molecule has 12 aromatic rings. The SMILES string of the molecule is c1ccc(-c2nc(-c3ccccc3)nc(-c3cccc4cc(-n5c6ccccc6c6c5ccc5c7ccccc7n(-c7ccc8ccccc8c7)c56)ccc34)n2)cc1. The van der Waals surface area contributed by atoms with E-state index >= 15 is 0 Å². The zero-order valence-corrected chi connectivity index (χ0v) is 31.3. The number of benzene rings is 9. The minimum atomic E-state index is 0.645. The number of hydrogen-bond acceptors (Lipinski definition) is 3. The van der Waals surface area contributed by atoms with Crippen molar-refractivity contribution >= 4 is 65.2 Å². The lowest BCUT2D eigenvalue weighted by Crippen LogP contribution is -2.00. The van der Waals surface area contributed by atoms with E-state index in [1.165, 1.54) is 43.4 Å². The zero-order chi connectivity index (χ0) is 38.2. The Morgan fingerprint density at radius 2 is 0.862 bits per heavy atom. The Balaban J connectivity index is 1.08. The van der Waals surface area contributed by atoms with Crippen LogP contribution in [0.3, 0.4) is 0 Å². The highest BCUT2D eigenvalue weighted by molar-refractivity contribution is 6.26. The van der Waals surface area contributed by atoms with Gasteiger partial charge in [-0.15, -0.1) is 0 Å². The van der Waals surface area contributed by atoms with Crippen LogP contribution < -0.4 is 0 Å². The minimum Gasteiger partial charge on any atom is -0.309 e. The molecule has 0 aliphatic carbocycles. The van der Waals surface area contributed by atoms with Crippen molar-refractivity contribution in [1.82, 2.24) is 24.1 Å². The van der Waals surface area contributed by atoms with Crippen LogP contribution in [0.5, 0.6) is 0 Å². The number of rotatable bonds is 5. The topological polar surface area (TPSA) is 48.5 Å². The Morgan fingerprint density at radius 1 is 0.310 bits per heavy atom. The highest BCUT2D eigenvalue weighted by Gasteiger charge is 2.21. The molecule has 0 spiro atoms. The predicted octanol–water partition coefficient (Wildman–Crippen LogP) is 13.4. The quantitative estimate of drug-likeness (QED) is 0.177. The Kier molecular flexibility index (Phi) is 7.16. The summed E-state index contributed by atoms with van der Waals surface area (Å²) in [4.78, 5) is 15.1. The molecule has 0 aliphatic heterocycles. The largest absolute Gasteiger partial charge is 0.309 e. The van der Waals surface area contributed by atoms with E-state index in [1.807, 2.05) is 60.7 Å². The van der Waals surface area contributed by atoms with Crippen molar-refractivity contribution in [2.45, 2.75) is 0 Å². The summed E-state index contributed by atoms with van der Waals surface area (Å²) in [6.07, 6.45) is 0. The van der Waals surface area contributed by atoms with Crippen LogP contribution in [-0.4, -0.2) is 24.1 Å². The lowest BCUT2D eigenvalue weighted by Gasteiger charge is -2.13. The molecule has 0 atom stereocenters. The minimum absolute atomic E-state index is 0.645. The Hall–Kier alpha value is -7.89. The number of nitrogens with zero attached hydrogens (tertiary/aromatic N) is 5. The first-order chi connectivity index (χ1) is 28.8. The summed E-state index contributed by atoms with van der Waals surface area (Å²) >= 11 is 0. The molecule has 0 amide bonds. The molecular formula is C53H33N5. The van der Waals surface area contributed by atoms with Crippen molar-refractivity contribution in [2.75, 3.05) is 0 Å². The lowest BCUT2D eigenvalue weighted by atomic mass is 10.0. The summed E-state index contributed by atoms with van der Waals surface area (Å²) in [5, 5.41) is 9.58. The summed E-state index contributed by atoms with van der Waals surface area (Å²) in [5.41, 5.74) is 9.83. The first kappa shape index (κ1) is 32.4. The monoisotopic (exact) mass is 739 g/mol. The van der Waals surface area contributed by atoms with Crippen LogP contribution in [0.15, 0.2) is 200 Å². The van der Waals surface area contributed by atoms with Crippen LogP contribution in [0.4, 0.5) is 0 Å². The van der Waals surface area contributed by atoms with Gasteiger partial charge in [0.05, 0.1) is 22.1 Å². The molecular weight excluding hydrogens is 707 g/mol. The molecule has 5 heteroatoms. The van der Waals surface area contributed by atoms with E-state index in [0.29, 0.717) is 17.5 Å². The summed E-state index contributed by atoms with van der Waals surface area (Å²) in [6.45, 7) is 0. The average Bonchev–Trinajstić information content (AvgIpc) is 3.82. The standard InChI is InChI=1S/C53H33N5/c1-3-15-35(16-4-1)51-54-52(36-17-5-2-6-18-36)56-53(55-51)44-23-13-20-38-33-39(28-29-41(38)44)57-47-25-12-10-22-45(47)49-48(57)31-30-43-42-21-9-11-24-46(42)58(50(43)49)40-27-26-34-14-7-8-19-37(34)32-40/h1-33H. The van der Waals surface area contributed by atoms with Crippen LogP contribution in [0, 0.1) is 0 Å². The maximum absolute atomic E-state index is 5.07. The van der Waals surface area contributed by atoms with Gasteiger partial charge < -0.3 is 9.13 Å². The summed E-state index contributed by atoms with van der Waals surface area (Å²) in [5.74, 6) is 1.94. The van der Waals surface area contributed by atoms with E-state index in [-0.39, 0.29) is 0 Å². The molecule has 0 aliphatic rings. The van der Waals surface area contributed by atoms with Crippen LogP contribution in [0.1, 0.15) is 0 Å². The molecule has 58 heavy (non-hydrogen) atoms. The van der Waals surface area contributed by atoms with Gasteiger partial charge in [-0.25, -0.2) is 15.0 Å². The number of hydrogen-bond donors (Lipinski definition) is 0. The van der Waals surface area contributed by atoms with Crippen molar-refractivity contribution in [1.29, 1.82) is 0 Å². The third-order valence-electron chi connectivity index (χ3n) is 11.5. The van der Waals surface area contributed by atoms with Gasteiger partial charge in [0.2, 0.25) is 0 Å². The summed E-state index contributed by atoms with van der Waals surface area (Å²) in [6, 6.07) is 71.0. The van der Waals surface area contributed by atoms with Crippen molar-refractivity contribution in [2.24, 2.45) is 0 Å². The molecule has 5 nitrogen and oxygen atoms in total. The molecule has 0 saturated heterocycles. The zero-order valence-electron chi connectivity index (χ0n) is 31.3. The molecule has 0 radical (unpaired) electrons. The van der Waals surface area contributed by atoms with Gasteiger partial charge in [0.25, 0.3) is 0 Å². The molecule has 0 fully saturated rings. The maximum atomic E-state index is 5.07. The van der Waals surface area contributed by atoms with Gasteiger partial charge in [-0.1, -0.05) is 158 Å². The van der Waals surface area contributed by atoms with Crippen LogP contribution in [0.2, 0.25) is 0 Å². The summed E-state index contributed by atoms with van der Waals surface area (Å²) in [7, 11) is 0. The second-order valence-corrected chi connectivity index (χ2v) is 14.8. The summed E-state index contributed by atoms with van der Waals surface area (Å²) < 4.78 is 4.88. The fourth-order valence-corrected chi connectivity index (χ4v) is 8.90. The molecule has 0 saturated carbocycles. The third-order valence-corrected chi connectivity index (χ3v) is 11.5. The lowest BCUT2D eigenvalue weighted by molar-refractivity contribution is 1.08. The van der Waals surface area contributed by atoms with Crippen LogP contribution >= 0.6 is 0 Å². The molecule has 0 N–H and O–H groups in total. The van der Waals surface area contributed by atoms with Crippen molar-refractivity contribution in [3.63, 3.8) is 0 Å². The normalized spacial score (nSPS) is 11.8. The van der Waals surface area contributed by atoms with E-state index in [0.717, 1.165) is 49.9 Å². The third kappa shape index (κ3) is 5.00. The molecule has 12 rings (SSSR count). The Bertz CT molecular complexity index is 3510. The Labute approximate surface area is 333 Å². The van der Waals surface area contributed by atoms with Gasteiger partial charge in [-0.2, -0.15) is 0 Å². The van der Waals surface area contributed by atoms with E-state index in [2.05, 4.69) is 149 Å².